The molecule has 3 aromatic rings. The molecule has 1 fully saturated rings. The van der Waals surface area contributed by atoms with Gasteiger partial charge in [0.15, 0.2) is 0 Å². The highest BCUT2D eigenvalue weighted by atomic mass is 32.2. The number of hydrogen-bond acceptors (Lipinski definition) is 4. The number of nitrogens with zero attached hydrogens (tertiary/aromatic N) is 2. The van der Waals surface area contributed by atoms with Crippen LogP contribution in [0.1, 0.15) is 12.5 Å². The van der Waals surface area contributed by atoms with E-state index in [0.29, 0.717) is 18.0 Å². The summed E-state index contributed by atoms with van der Waals surface area (Å²) in [5.41, 5.74) is 1.21. The monoisotopic (exact) mass is 381 g/mol. The van der Waals surface area contributed by atoms with Crippen LogP contribution in [-0.4, -0.2) is 42.9 Å². The molecule has 5 nitrogen and oxygen atoms in total. The number of pyridine rings is 1. The Labute approximate surface area is 160 Å². The van der Waals surface area contributed by atoms with Crippen molar-refractivity contribution in [1.29, 1.82) is 0 Å². The number of piperazine rings is 1. The number of sulfonamides is 1. The van der Waals surface area contributed by atoms with Gasteiger partial charge in [-0.05, 0) is 31.0 Å². The van der Waals surface area contributed by atoms with Gasteiger partial charge in [0.25, 0.3) is 0 Å². The lowest BCUT2D eigenvalue weighted by atomic mass is 10.0. The van der Waals surface area contributed by atoms with E-state index in [1.54, 1.807) is 34.9 Å². The standard InChI is InChI=1S/C21H23N3O2S/c1-16-13-23-19(12-17-6-3-2-4-7-17)15-24(16)27(25,26)21-9-5-8-18-14-22-11-10-20(18)21/h2-11,14,16,19,23H,12-13,15H2,1H3. The van der Waals surface area contributed by atoms with Crippen LogP contribution in [0.25, 0.3) is 10.8 Å². The van der Waals surface area contributed by atoms with E-state index in [2.05, 4.69) is 22.4 Å². The number of nitrogens with one attached hydrogen (secondary N) is 1. The van der Waals surface area contributed by atoms with Gasteiger partial charge in [-0.25, -0.2) is 8.42 Å². The van der Waals surface area contributed by atoms with E-state index in [-0.39, 0.29) is 12.1 Å². The summed E-state index contributed by atoms with van der Waals surface area (Å²) in [6, 6.07) is 17.3. The summed E-state index contributed by atoms with van der Waals surface area (Å²) >= 11 is 0. The molecule has 0 saturated carbocycles. The van der Waals surface area contributed by atoms with Gasteiger partial charge in [-0.1, -0.05) is 42.5 Å². The van der Waals surface area contributed by atoms with Crippen LogP contribution in [0.5, 0.6) is 0 Å². The molecule has 2 heterocycles. The third-order valence-corrected chi connectivity index (χ3v) is 7.18. The minimum atomic E-state index is -3.60. The Balaban J connectivity index is 1.65. The average molecular weight is 382 g/mol. The van der Waals surface area contributed by atoms with E-state index in [0.717, 1.165) is 17.2 Å². The van der Waals surface area contributed by atoms with E-state index in [9.17, 15) is 8.42 Å². The maximum absolute atomic E-state index is 13.5. The minimum Gasteiger partial charge on any atom is -0.311 e. The molecule has 0 radical (unpaired) electrons. The summed E-state index contributed by atoms with van der Waals surface area (Å²) in [5, 5.41) is 5.05. The zero-order chi connectivity index (χ0) is 18.9. The molecule has 27 heavy (non-hydrogen) atoms. The molecule has 4 rings (SSSR count). The first-order valence-electron chi connectivity index (χ1n) is 9.17. The molecule has 1 N–H and O–H groups in total. The van der Waals surface area contributed by atoms with Gasteiger partial charge in [-0.15, -0.1) is 0 Å². The van der Waals surface area contributed by atoms with Gasteiger partial charge < -0.3 is 5.32 Å². The Kier molecular flexibility index (Phi) is 4.95. The summed E-state index contributed by atoms with van der Waals surface area (Å²) in [6.07, 6.45) is 4.15. The molecule has 1 aliphatic heterocycles. The fourth-order valence-corrected chi connectivity index (χ4v) is 5.61. The number of hydrogen-bond donors (Lipinski definition) is 1. The van der Waals surface area contributed by atoms with Crippen molar-refractivity contribution in [1.82, 2.24) is 14.6 Å². The summed E-state index contributed by atoms with van der Waals surface area (Å²) in [4.78, 5) is 4.46. The molecule has 2 aromatic carbocycles. The van der Waals surface area contributed by atoms with E-state index < -0.39 is 10.0 Å². The molecule has 6 heteroatoms. The van der Waals surface area contributed by atoms with Gasteiger partial charge in [0, 0.05) is 48.3 Å². The molecule has 1 aromatic heterocycles. The number of benzene rings is 2. The highest BCUT2D eigenvalue weighted by Crippen LogP contribution is 2.27. The normalized spacial score (nSPS) is 21.4. The second-order valence-electron chi connectivity index (χ2n) is 7.07. The van der Waals surface area contributed by atoms with Crippen molar-refractivity contribution in [2.24, 2.45) is 0 Å². The summed E-state index contributed by atoms with van der Waals surface area (Å²) in [7, 11) is -3.60. The van der Waals surface area contributed by atoms with Gasteiger partial charge in [-0.2, -0.15) is 4.31 Å². The predicted octanol–water partition coefficient (Wildman–Crippen LogP) is 2.83. The highest BCUT2D eigenvalue weighted by molar-refractivity contribution is 7.89. The fraction of sp³-hybridized carbons (Fsp3) is 0.286. The summed E-state index contributed by atoms with van der Waals surface area (Å²) in [5.74, 6) is 0. The minimum absolute atomic E-state index is 0.0926. The molecule has 0 amide bonds. The zero-order valence-electron chi connectivity index (χ0n) is 15.2. The van der Waals surface area contributed by atoms with Crippen molar-refractivity contribution in [3.05, 3.63) is 72.6 Å². The van der Waals surface area contributed by atoms with Crippen LogP contribution in [0.4, 0.5) is 0 Å². The predicted molar refractivity (Wildman–Crippen MR) is 107 cm³/mol. The van der Waals surface area contributed by atoms with Gasteiger partial charge in [0.05, 0.1) is 4.90 Å². The third kappa shape index (κ3) is 3.60. The molecule has 140 valence electrons. The molecule has 1 saturated heterocycles. The Hall–Kier alpha value is -2.28. The lowest BCUT2D eigenvalue weighted by molar-refractivity contribution is 0.235. The summed E-state index contributed by atoms with van der Waals surface area (Å²) in [6.45, 7) is 3.05. The van der Waals surface area contributed by atoms with Crippen molar-refractivity contribution >= 4 is 20.8 Å². The van der Waals surface area contributed by atoms with E-state index >= 15 is 0 Å². The van der Waals surface area contributed by atoms with E-state index in [1.807, 2.05) is 31.2 Å². The van der Waals surface area contributed by atoms with Crippen LogP contribution in [0.15, 0.2) is 71.9 Å². The fourth-order valence-electron chi connectivity index (χ4n) is 3.72. The zero-order valence-corrected chi connectivity index (χ0v) is 16.1. The average Bonchev–Trinajstić information content (AvgIpc) is 2.69. The van der Waals surface area contributed by atoms with Crippen LogP contribution >= 0.6 is 0 Å². The molecule has 0 bridgehead atoms. The molecule has 0 spiro atoms. The Morgan fingerprint density at radius 1 is 1.11 bits per heavy atom. The summed E-state index contributed by atoms with van der Waals surface area (Å²) < 4.78 is 28.6. The number of aromatic nitrogens is 1. The SMILES string of the molecule is CC1CNC(Cc2ccccc2)CN1S(=O)(=O)c1cccc2cnccc12. The highest BCUT2D eigenvalue weighted by Gasteiger charge is 2.35. The molecule has 1 aliphatic rings. The first-order valence-corrected chi connectivity index (χ1v) is 10.6. The van der Waals surface area contributed by atoms with Crippen molar-refractivity contribution < 1.29 is 8.42 Å². The van der Waals surface area contributed by atoms with Crippen LogP contribution in [0.2, 0.25) is 0 Å². The largest absolute Gasteiger partial charge is 0.311 e. The molecule has 0 aliphatic carbocycles. The van der Waals surface area contributed by atoms with Gasteiger partial charge >= 0.3 is 0 Å². The first kappa shape index (κ1) is 18.1. The Morgan fingerprint density at radius 2 is 1.93 bits per heavy atom. The van der Waals surface area contributed by atoms with Crippen molar-refractivity contribution in [3.8, 4) is 0 Å². The quantitative estimate of drug-likeness (QED) is 0.755. The van der Waals surface area contributed by atoms with E-state index in [4.69, 9.17) is 0 Å². The smallest absolute Gasteiger partial charge is 0.244 e. The van der Waals surface area contributed by atoms with Crippen LogP contribution in [0.3, 0.4) is 0 Å². The Bertz CT molecular complexity index is 1030. The van der Waals surface area contributed by atoms with Gasteiger partial charge in [-0.3, -0.25) is 4.98 Å². The van der Waals surface area contributed by atoms with Crippen molar-refractivity contribution in [2.45, 2.75) is 30.3 Å². The lowest BCUT2D eigenvalue weighted by Gasteiger charge is -2.38. The molecular formula is C21H23N3O2S. The maximum atomic E-state index is 13.5. The molecular weight excluding hydrogens is 358 g/mol. The molecule has 2 unspecified atom stereocenters. The topological polar surface area (TPSA) is 62.3 Å². The van der Waals surface area contributed by atoms with Crippen LogP contribution in [0, 0.1) is 0 Å². The second kappa shape index (κ2) is 7.38. The first-order chi connectivity index (χ1) is 13.1. The number of rotatable bonds is 4. The van der Waals surface area contributed by atoms with Crippen LogP contribution in [-0.2, 0) is 16.4 Å². The van der Waals surface area contributed by atoms with E-state index in [1.165, 1.54) is 5.56 Å². The van der Waals surface area contributed by atoms with Gasteiger partial charge in [0.1, 0.15) is 0 Å². The maximum Gasteiger partial charge on any atom is 0.244 e. The van der Waals surface area contributed by atoms with Gasteiger partial charge in [0.2, 0.25) is 10.0 Å². The van der Waals surface area contributed by atoms with Crippen molar-refractivity contribution in [3.63, 3.8) is 0 Å². The second-order valence-corrected chi connectivity index (χ2v) is 8.93. The third-order valence-electron chi connectivity index (χ3n) is 5.15. The van der Waals surface area contributed by atoms with Crippen LogP contribution < -0.4 is 5.32 Å². The molecule has 2 atom stereocenters. The number of fused-ring (bicyclic) bond motifs is 1. The lowest BCUT2D eigenvalue weighted by Crippen LogP contribution is -2.57. The Morgan fingerprint density at radius 3 is 2.74 bits per heavy atom. The van der Waals surface area contributed by atoms with Crippen molar-refractivity contribution in [2.75, 3.05) is 13.1 Å².